The maximum atomic E-state index is 2.57. The fourth-order valence-corrected chi connectivity index (χ4v) is 13.1. The smallest absolute Gasteiger partial charge is 0.00912 e. The minimum Gasteiger partial charge on any atom is -0.0622 e. The second-order valence-electron chi connectivity index (χ2n) is 11.2. The van der Waals surface area contributed by atoms with E-state index in [1.54, 1.807) is 10.6 Å². The summed E-state index contributed by atoms with van der Waals surface area (Å²) in [6.07, 6.45) is 4.09. The van der Waals surface area contributed by atoms with Gasteiger partial charge in [0.05, 0.1) is 0 Å². The van der Waals surface area contributed by atoms with Crippen molar-refractivity contribution in [1.82, 2.24) is 0 Å². The second kappa shape index (κ2) is 10.2. The molecule has 0 heterocycles. The molecule has 3 aliphatic rings. The third-order valence-corrected chi connectivity index (χ3v) is 14.6. The molecule has 3 fully saturated rings. The predicted molar refractivity (Wildman–Crippen MR) is 160 cm³/mol. The van der Waals surface area contributed by atoms with Crippen molar-refractivity contribution in [2.75, 3.05) is 6.16 Å². The van der Waals surface area contributed by atoms with Gasteiger partial charge in [-0.25, -0.2) is 0 Å². The highest BCUT2D eigenvalue weighted by Crippen LogP contribution is 2.68. The first kappa shape index (κ1) is 24.1. The fraction of sp³-hybridized carbons (Fsp3) is 0.294. The number of fused-ring (bicyclic) bond motifs is 2. The lowest BCUT2D eigenvalue weighted by Crippen LogP contribution is -2.58. The molecule has 0 nitrogen and oxygen atoms in total. The van der Waals surface area contributed by atoms with Crippen molar-refractivity contribution >= 4 is 37.1 Å². The fourth-order valence-electron chi connectivity index (χ4n) is 6.96. The lowest BCUT2D eigenvalue weighted by molar-refractivity contribution is -0.0944. The van der Waals surface area contributed by atoms with E-state index in [9.17, 15) is 0 Å². The quantitative estimate of drug-likeness (QED) is 0.231. The van der Waals surface area contributed by atoms with E-state index >= 15 is 0 Å². The van der Waals surface area contributed by atoms with Gasteiger partial charge in [-0.1, -0.05) is 135 Å². The molecule has 182 valence electrons. The Bertz CT molecular complexity index is 1170. The lowest BCUT2D eigenvalue weighted by Gasteiger charge is -2.64. The molecule has 0 aliphatic heterocycles. The summed E-state index contributed by atoms with van der Waals surface area (Å²) in [6.45, 7) is 5.13. The van der Waals surface area contributed by atoms with E-state index in [-0.39, 0.29) is 0 Å². The summed E-state index contributed by atoms with van der Waals surface area (Å²) in [6, 6.07) is 45.7. The molecule has 0 unspecified atom stereocenters. The van der Waals surface area contributed by atoms with E-state index in [0.29, 0.717) is 5.41 Å². The van der Waals surface area contributed by atoms with E-state index in [1.165, 1.54) is 29.6 Å². The first-order chi connectivity index (χ1) is 17.6. The van der Waals surface area contributed by atoms with Crippen molar-refractivity contribution in [2.24, 2.45) is 23.2 Å². The molecule has 0 spiro atoms. The van der Waals surface area contributed by atoms with Crippen LogP contribution in [0.1, 0.15) is 26.7 Å². The molecule has 3 aliphatic carbocycles. The Balaban J connectivity index is 1.44. The first-order valence-electron chi connectivity index (χ1n) is 13.4. The topological polar surface area (TPSA) is 0 Å². The molecule has 0 saturated heterocycles. The molecular weight excluding hydrogens is 470 g/mol. The number of benzene rings is 4. The monoisotopic (exact) mass is 506 g/mol. The van der Waals surface area contributed by atoms with E-state index in [0.717, 1.165) is 23.4 Å². The van der Waals surface area contributed by atoms with Crippen LogP contribution in [0, 0.1) is 23.2 Å². The standard InChI is InChI=1S/C34H36P2/c1-34(2)26-23-32(34)31(25-35(27-15-7-3-8-16-27)28-17-9-4-10-18-28)33(24-26)36(29-19-11-5-12-20-29)30-21-13-6-14-22-30/h3-22,26,31-33H,23-25H2,1-2H3/t26-,31+,32+,33-/m0/s1. The lowest BCUT2D eigenvalue weighted by atomic mass is 9.46. The van der Waals surface area contributed by atoms with Crippen LogP contribution in [-0.2, 0) is 0 Å². The van der Waals surface area contributed by atoms with Crippen LogP contribution in [0.4, 0.5) is 0 Å². The first-order valence-corrected chi connectivity index (χ1v) is 16.3. The van der Waals surface area contributed by atoms with Crippen molar-refractivity contribution in [3.8, 4) is 0 Å². The van der Waals surface area contributed by atoms with Gasteiger partial charge in [-0.15, -0.1) is 0 Å². The van der Waals surface area contributed by atoms with Gasteiger partial charge >= 0.3 is 0 Å². The molecular formula is C34H36P2. The van der Waals surface area contributed by atoms with Gasteiger partial charge < -0.3 is 0 Å². The van der Waals surface area contributed by atoms with Crippen LogP contribution < -0.4 is 21.2 Å². The van der Waals surface area contributed by atoms with Gasteiger partial charge in [0.2, 0.25) is 0 Å². The molecule has 0 aromatic heterocycles. The number of hydrogen-bond acceptors (Lipinski definition) is 0. The minimum atomic E-state index is -0.404. The average Bonchev–Trinajstić information content (AvgIpc) is 2.94. The Morgan fingerprint density at radius 2 is 1.00 bits per heavy atom. The summed E-state index contributed by atoms with van der Waals surface area (Å²) in [5.74, 6) is 2.42. The molecule has 0 amide bonds. The molecule has 2 heteroatoms. The highest BCUT2D eigenvalue weighted by Gasteiger charge is 2.59. The average molecular weight is 507 g/mol. The zero-order valence-electron chi connectivity index (χ0n) is 21.4. The van der Waals surface area contributed by atoms with Gasteiger partial charge in [0.15, 0.2) is 0 Å². The van der Waals surface area contributed by atoms with Crippen LogP contribution in [0.15, 0.2) is 121 Å². The Morgan fingerprint density at radius 1 is 0.583 bits per heavy atom. The van der Waals surface area contributed by atoms with Crippen LogP contribution >= 0.6 is 15.8 Å². The maximum absolute atomic E-state index is 2.57. The molecule has 7 rings (SSSR count). The van der Waals surface area contributed by atoms with Crippen LogP contribution in [0.5, 0.6) is 0 Å². The summed E-state index contributed by atoms with van der Waals surface area (Å²) in [4.78, 5) is 0. The van der Waals surface area contributed by atoms with Gasteiger partial charge in [-0.3, -0.25) is 0 Å². The number of hydrogen-bond donors (Lipinski definition) is 0. The zero-order valence-corrected chi connectivity index (χ0v) is 23.2. The van der Waals surface area contributed by atoms with Gasteiger partial charge in [-0.05, 0) is 84.9 Å². The van der Waals surface area contributed by atoms with Crippen molar-refractivity contribution in [1.29, 1.82) is 0 Å². The third-order valence-electron chi connectivity index (χ3n) is 9.01. The molecule has 36 heavy (non-hydrogen) atoms. The van der Waals surface area contributed by atoms with Crippen molar-refractivity contribution in [3.63, 3.8) is 0 Å². The van der Waals surface area contributed by atoms with E-state index < -0.39 is 15.8 Å². The Morgan fingerprint density at radius 3 is 1.42 bits per heavy atom. The molecule has 0 radical (unpaired) electrons. The SMILES string of the molecule is CC1(C)[C@H]2C[C@@H]1[C@@H](CP(c1ccccc1)c1ccccc1)[C@@H](P(c1ccccc1)c1ccccc1)C2. The molecule has 0 N–H and O–H groups in total. The predicted octanol–water partition coefficient (Wildman–Crippen LogP) is 7.30. The Kier molecular flexibility index (Phi) is 6.86. The van der Waals surface area contributed by atoms with Crippen molar-refractivity contribution in [3.05, 3.63) is 121 Å². The summed E-state index contributed by atoms with van der Waals surface area (Å²) in [5, 5.41) is 6.16. The highest BCUT2D eigenvalue weighted by atomic mass is 31.1. The van der Waals surface area contributed by atoms with Gasteiger partial charge in [0.25, 0.3) is 0 Å². The van der Waals surface area contributed by atoms with Crippen molar-refractivity contribution < 1.29 is 0 Å². The largest absolute Gasteiger partial charge is 0.0622 e. The molecule has 4 aromatic carbocycles. The van der Waals surface area contributed by atoms with Gasteiger partial charge in [0.1, 0.15) is 0 Å². The Hall–Kier alpha value is -2.26. The molecule has 4 aromatic rings. The maximum Gasteiger partial charge on any atom is -0.00912 e. The van der Waals surface area contributed by atoms with Gasteiger partial charge in [-0.2, -0.15) is 0 Å². The van der Waals surface area contributed by atoms with Gasteiger partial charge in [0, 0.05) is 0 Å². The summed E-state index contributed by atoms with van der Waals surface area (Å²) < 4.78 is 0. The molecule has 2 bridgehead atoms. The Labute approximate surface area is 219 Å². The van der Waals surface area contributed by atoms with Crippen LogP contribution in [0.3, 0.4) is 0 Å². The summed E-state index contributed by atoms with van der Waals surface area (Å²) in [5.41, 5.74) is 1.20. The third kappa shape index (κ3) is 4.49. The summed E-state index contributed by atoms with van der Waals surface area (Å²) in [7, 11) is -0.800. The van der Waals surface area contributed by atoms with Crippen LogP contribution in [0.2, 0.25) is 0 Å². The highest BCUT2D eigenvalue weighted by molar-refractivity contribution is 7.74. The number of rotatable bonds is 7. The summed E-state index contributed by atoms with van der Waals surface area (Å²) >= 11 is 0. The normalized spacial score (nSPS) is 24.4. The van der Waals surface area contributed by atoms with Crippen LogP contribution in [0.25, 0.3) is 0 Å². The van der Waals surface area contributed by atoms with E-state index in [2.05, 4.69) is 135 Å². The molecule has 4 atom stereocenters. The minimum absolute atomic E-state index is 0.396. The van der Waals surface area contributed by atoms with E-state index in [4.69, 9.17) is 0 Å². The second-order valence-corrected chi connectivity index (χ2v) is 15.8. The van der Waals surface area contributed by atoms with E-state index in [1.807, 2.05) is 0 Å². The van der Waals surface area contributed by atoms with Crippen LogP contribution in [-0.4, -0.2) is 11.8 Å². The molecule has 3 saturated carbocycles. The van der Waals surface area contributed by atoms with Crippen molar-refractivity contribution in [2.45, 2.75) is 32.3 Å². The zero-order chi connectivity index (χ0) is 24.5.